The first-order valence-electron chi connectivity index (χ1n) is 14.5. The van der Waals surface area contributed by atoms with Crippen molar-refractivity contribution in [1.29, 1.82) is 0 Å². The molecular weight excluding hydrogens is 468 g/mol. The lowest BCUT2D eigenvalue weighted by atomic mass is 9.67. The van der Waals surface area contributed by atoms with E-state index in [-0.39, 0.29) is 11.0 Å². The van der Waals surface area contributed by atoms with E-state index in [4.69, 9.17) is 14.2 Å². The molecule has 0 aromatic rings. The van der Waals surface area contributed by atoms with Gasteiger partial charge in [-0.1, -0.05) is 20.8 Å². The van der Waals surface area contributed by atoms with Gasteiger partial charge >= 0.3 is 0 Å². The normalized spacial score (nSPS) is 18.8. The van der Waals surface area contributed by atoms with Crippen molar-refractivity contribution < 1.29 is 29.5 Å². The Morgan fingerprint density at radius 1 is 0.486 bits per heavy atom. The molecule has 0 aromatic heterocycles. The molecule has 0 aliphatic rings. The lowest BCUT2D eigenvalue weighted by Gasteiger charge is -2.46. The standard InChI is InChI=1S/C31H64O6/c1-14-30(12,34)18-21-36-28(9,10)23-29(11,22-27(7,8)35-19-16-25(3,4)32)24-31(13,15-2)37-20-17-26(5,6)33/h32-34H,14-24H2,1-13H3. The van der Waals surface area contributed by atoms with E-state index in [2.05, 4.69) is 48.5 Å². The van der Waals surface area contributed by atoms with Crippen LogP contribution < -0.4 is 0 Å². The summed E-state index contributed by atoms with van der Waals surface area (Å²) < 4.78 is 19.1. The van der Waals surface area contributed by atoms with Crippen molar-refractivity contribution >= 4 is 0 Å². The predicted octanol–water partition coefficient (Wildman–Crippen LogP) is 6.81. The van der Waals surface area contributed by atoms with Gasteiger partial charge in [-0.2, -0.15) is 0 Å². The molecule has 3 atom stereocenters. The van der Waals surface area contributed by atoms with E-state index < -0.39 is 28.0 Å². The third-order valence-electron chi connectivity index (χ3n) is 7.52. The van der Waals surface area contributed by atoms with Crippen LogP contribution in [0.15, 0.2) is 0 Å². The second kappa shape index (κ2) is 13.9. The minimum Gasteiger partial charge on any atom is -0.390 e. The smallest absolute Gasteiger partial charge is 0.0657 e. The van der Waals surface area contributed by atoms with Crippen molar-refractivity contribution in [3.05, 3.63) is 0 Å². The van der Waals surface area contributed by atoms with Crippen LogP contribution in [0.3, 0.4) is 0 Å². The quantitative estimate of drug-likeness (QED) is 0.160. The van der Waals surface area contributed by atoms with Crippen LogP contribution in [-0.2, 0) is 14.2 Å². The van der Waals surface area contributed by atoms with Gasteiger partial charge in [-0.3, -0.25) is 0 Å². The molecule has 6 nitrogen and oxygen atoms in total. The highest BCUT2D eigenvalue weighted by molar-refractivity contribution is 4.94. The summed E-state index contributed by atoms with van der Waals surface area (Å²) in [5, 5.41) is 30.7. The third-order valence-corrected chi connectivity index (χ3v) is 7.52. The number of ether oxygens (including phenoxy) is 3. The number of hydrogen-bond donors (Lipinski definition) is 3. The van der Waals surface area contributed by atoms with E-state index in [1.54, 1.807) is 13.8 Å². The van der Waals surface area contributed by atoms with Crippen molar-refractivity contribution in [3.8, 4) is 0 Å². The van der Waals surface area contributed by atoms with E-state index in [0.29, 0.717) is 45.5 Å². The maximum absolute atomic E-state index is 10.4. The molecular formula is C31H64O6. The summed E-state index contributed by atoms with van der Waals surface area (Å²) in [6, 6.07) is 0. The van der Waals surface area contributed by atoms with Gasteiger partial charge < -0.3 is 29.5 Å². The Balaban J connectivity index is 5.74. The fourth-order valence-electron chi connectivity index (χ4n) is 5.37. The molecule has 0 spiro atoms. The maximum Gasteiger partial charge on any atom is 0.0657 e. The molecule has 0 aliphatic carbocycles. The Morgan fingerprint density at radius 2 is 0.865 bits per heavy atom. The van der Waals surface area contributed by atoms with Crippen LogP contribution in [0.5, 0.6) is 0 Å². The molecule has 0 rings (SSSR count). The first-order valence-corrected chi connectivity index (χ1v) is 14.5. The van der Waals surface area contributed by atoms with Gasteiger partial charge in [0.25, 0.3) is 0 Å². The predicted molar refractivity (Wildman–Crippen MR) is 154 cm³/mol. The van der Waals surface area contributed by atoms with Gasteiger partial charge in [0.2, 0.25) is 0 Å². The molecule has 0 saturated heterocycles. The molecule has 0 aromatic carbocycles. The summed E-state index contributed by atoms with van der Waals surface area (Å²) in [6.07, 6.45) is 5.73. The van der Waals surface area contributed by atoms with E-state index in [9.17, 15) is 15.3 Å². The van der Waals surface area contributed by atoms with Gasteiger partial charge in [0.1, 0.15) is 0 Å². The van der Waals surface area contributed by atoms with Crippen LogP contribution in [0.25, 0.3) is 0 Å². The Hall–Kier alpha value is -0.240. The SMILES string of the molecule is CCC(C)(O)CCOC(C)(C)CC(C)(CC(C)(C)OCCC(C)(C)O)CC(C)(CC)OCCC(C)(C)O. The molecule has 0 heterocycles. The molecule has 0 bridgehead atoms. The molecule has 6 heteroatoms. The Bertz CT molecular complexity index is 643. The van der Waals surface area contributed by atoms with E-state index >= 15 is 0 Å². The summed E-state index contributed by atoms with van der Waals surface area (Å²) in [4.78, 5) is 0. The summed E-state index contributed by atoms with van der Waals surface area (Å²) in [5.74, 6) is 0. The number of aliphatic hydroxyl groups is 3. The summed E-state index contributed by atoms with van der Waals surface area (Å²) in [6.45, 7) is 27.7. The van der Waals surface area contributed by atoms with Gasteiger partial charge in [0, 0.05) is 0 Å². The lowest BCUT2D eigenvalue weighted by Crippen LogP contribution is -2.45. The minimum absolute atomic E-state index is 0.172. The molecule has 3 N–H and O–H groups in total. The number of hydrogen-bond acceptors (Lipinski definition) is 6. The first kappa shape index (κ1) is 36.8. The average Bonchev–Trinajstić information content (AvgIpc) is 2.63. The van der Waals surface area contributed by atoms with Crippen LogP contribution in [0.1, 0.15) is 141 Å². The van der Waals surface area contributed by atoms with Gasteiger partial charge in [-0.05, 0) is 126 Å². The van der Waals surface area contributed by atoms with Gasteiger partial charge in [0.15, 0.2) is 0 Å². The van der Waals surface area contributed by atoms with Crippen LogP contribution >= 0.6 is 0 Å². The van der Waals surface area contributed by atoms with Gasteiger partial charge in [-0.25, -0.2) is 0 Å². The van der Waals surface area contributed by atoms with E-state index in [0.717, 1.165) is 25.7 Å². The second-order valence-corrected chi connectivity index (χ2v) is 14.9. The fraction of sp³-hybridized carbons (Fsp3) is 1.00. The van der Waals surface area contributed by atoms with E-state index in [1.165, 1.54) is 0 Å². The highest BCUT2D eigenvalue weighted by Crippen LogP contribution is 2.46. The fourth-order valence-corrected chi connectivity index (χ4v) is 5.37. The van der Waals surface area contributed by atoms with E-state index in [1.807, 2.05) is 27.7 Å². The van der Waals surface area contributed by atoms with Crippen molar-refractivity contribution in [3.63, 3.8) is 0 Å². The van der Waals surface area contributed by atoms with Gasteiger partial charge in [-0.15, -0.1) is 0 Å². The summed E-state index contributed by atoms with van der Waals surface area (Å²) in [5.41, 5.74) is -3.56. The zero-order valence-corrected chi connectivity index (χ0v) is 26.8. The number of rotatable bonds is 20. The van der Waals surface area contributed by atoms with Crippen molar-refractivity contribution in [1.82, 2.24) is 0 Å². The van der Waals surface area contributed by atoms with Gasteiger partial charge in [0.05, 0.1) is 53.4 Å². The lowest BCUT2D eigenvalue weighted by molar-refractivity contribution is -0.128. The molecule has 0 fully saturated rings. The third kappa shape index (κ3) is 17.9. The molecule has 3 unspecified atom stereocenters. The largest absolute Gasteiger partial charge is 0.390 e. The molecule has 0 radical (unpaired) electrons. The summed E-state index contributed by atoms with van der Waals surface area (Å²) >= 11 is 0. The Kier molecular flexibility index (Phi) is 13.8. The molecule has 37 heavy (non-hydrogen) atoms. The molecule has 224 valence electrons. The zero-order chi connectivity index (χ0) is 29.4. The average molecular weight is 533 g/mol. The monoisotopic (exact) mass is 532 g/mol. The maximum atomic E-state index is 10.4. The molecule has 0 saturated carbocycles. The Labute approximate surface area is 229 Å². The minimum atomic E-state index is -0.760. The van der Waals surface area contributed by atoms with Crippen LogP contribution in [0.2, 0.25) is 0 Å². The van der Waals surface area contributed by atoms with Crippen molar-refractivity contribution in [2.75, 3.05) is 19.8 Å². The topological polar surface area (TPSA) is 88.4 Å². The van der Waals surface area contributed by atoms with Crippen molar-refractivity contribution in [2.45, 2.75) is 175 Å². The zero-order valence-electron chi connectivity index (χ0n) is 26.8. The molecule has 0 aliphatic heterocycles. The highest BCUT2D eigenvalue weighted by Gasteiger charge is 2.43. The van der Waals surface area contributed by atoms with Crippen molar-refractivity contribution in [2.24, 2.45) is 5.41 Å². The molecule has 0 amide bonds. The summed E-state index contributed by atoms with van der Waals surface area (Å²) in [7, 11) is 0. The highest BCUT2D eigenvalue weighted by atomic mass is 16.5. The first-order chi connectivity index (χ1) is 16.4. The second-order valence-electron chi connectivity index (χ2n) is 14.9. The van der Waals surface area contributed by atoms with Crippen LogP contribution in [0, 0.1) is 5.41 Å². The van der Waals surface area contributed by atoms with Crippen LogP contribution in [-0.4, -0.2) is 68.7 Å². The Morgan fingerprint density at radius 3 is 1.22 bits per heavy atom. The van der Waals surface area contributed by atoms with Crippen LogP contribution in [0.4, 0.5) is 0 Å².